The number of primary amides is 1. The van der Waals surface area contributed by atoms with Gasteiger partial charge in [0.1, 0.15) is 0 Å². The molecule has 0 bridgehead atoms. The third-order valence-electron chi connectivity index (χ3n) is 3.50. The lowest BCUT2D eigenvalue weighted by Gasteiger charge is -2.07. The van der Waals surface area contributed by atoms with E-state index in [-0.39, 0.29) is 23.4 Å². The van der Waals surface area contributed by atoms with Crippen LogP contribution in [0.1, 0.15) is 26.3 Å². The van der Waals surface area contributed by atoms with E-state index in [1.807, 2.05) is 0 Å². The molecule has 2 aromatic rings. The lowest BCUT2D eigenvalue weighted by atomic mass is 10.1. The van der Waals surface area contributed by atoms with Crippen molar-refractivity contribution in [2.24, 2.45) is 5.73 Å². The van der Waals surface area contributed by atoms with Crippen LogP contribution in [0.3, 0.4) is 0 Å². The summed E-state index contributed by atoms with van der Waals surface area (Å²) in [5.74, 6) is -1.65. The fourth-order valence-electron chi connectivity index (χ4n) is 2.12. The summed E-state index contributed by atoms with van der Waals surface area (Å²) in [6.45, 7) is 1.31. The zero-order valence-electron chi connectivity index (χ0n) is 13.8. The molecule has 134 valence electrons. The van der Waals surface area contributed by atoms with Crippen LogP contribution in [0, 0.1) is 17.0 Å². The van der Waals surface area contributed by atoms with Crippen molar-refractivity contribution in [3.8, 4) is 0 Å². The van der Waals surface area contributed by atoms with Gasteiger partial charge in [-0.25, -0.2) is 0 Å². The number of anilines is 1. The van der Waals surface area contributed by atoms with Crippen LogP contribution in [0.15, 0.2) is 42.5 Å². The van der Waals surface area contributed by atoms with E-state index in [2.05, 4.69) is 10.6 Å². The quantitative estimate of drug-likeness (QED) is 0.529. The Kier molecular flexibility index (Phi) is 5.63. The van der Waals surface area contributed by atoms with Crippen molar-refractivity contribution in [1.82, 2.24) is 5.32 Å². The molecule has 0 aliphatic rings. The molecular formula is C17H16N4O5. The molecule has 2 rings (SSSR count). The molecule has 0 unspecified atom stereocenters. The van der Waals surface area contributed by atoms with Gasteiger partial charge >= 0.3 is 0 Å². The molecule has 0 aliphatic carbocycles. The summed E-state index contributed by atoms with van der Waals surface area (Å²) < 4.78 is 0. The van der Waals surface area contributed by atoms with E-state index in [0.717, 1.165) is 0 Å². The Bertz CT molecular complexity index is 877. The summed E-state index contributed by atoms with van der Waals surface area (Å²) in [4.78, 5) is 45.1. The van der Waals surface area contributed by atoms with E-state index in [9.17, 15) is 24.5 Å². The molecule has 0 spiro atoms. The van der Waals surface area contributed by atoms with Gasteiger partial charge in [0.25, 0.3) is 17.5 Å². The second-order valence-corrected chi connectivity index (χ2v) is 5.44. The molecule has 0 radical (unpaired) electrons. The normalized spacial score (nSPS) is 10.0. The van der Waals surface area contributed by atoms with Crippen LogP contribution in [0.5, 0.6) is 0 Å². The molecule has 26 heavy (non-hydrogen) atoms. The number of nitrogens with one attached hydrogen (secondary N) is 2. The first-order valence-electron chi connectivity index (χ1n) is 7.51. The van der Waals surface area contributed by atoms with Crippen molar-refractivity contribution in [3.05, 3.63) is 69.3 Å². The zero-order chi connectivity index (χ0) is 19.3. The second-order valence-electron chi connectivity index (χ2n) is 5.44. The highest BCUT2D eigenvalue weighted by Gasteiger charge is 2.15. The van der Waals surface area contributed by atoms with Crippen LogP contribution in [-0.4, -0.2) is 29.2 Å². The van der Waals surface area contributed by atoms with E-state index in [1.165, 1.54) is 42.5 Å². The van der Waals surface area contributed by atoms with Crippen LogP contribution >= 0.6 is 0 Å². The van der Waals surface area contributed by atoms with E-state index < -0.39 is 22.6 Å². The first kappa shape index (κ1) is 18.6. The zero-order valence-corrected chi connectivity index (χ0v) is 13.8. The van der Waals surface area contributed by atoms with E-state index in [4.69, 9.17) is 5.73 Å². The second kappa shape index (κ2) is 7.88. The Morgan fingerprint density at radius 2 is 1.65 bits per heavy atom. The average molecular weight is 356 g/mol. The summed E-state index contributed by atoms with van der Waals surface area (Å²) in [5, 5.41) is 15.9. The molecule has 0 atom stereocenters. The lowest BCUT2D eigenvalue weighted by Crippen LogP contribution is -2.33. The maximum absolute atomic E-state index is 12.2. The highest BCUT2D eigenvalue weighted by Crippen LogP contribution is 2.20. The van der Waals surface area contributed by atoms with Crippen molar-refractivity contribution in [2.75, 3.05) is 11.9 Å². The summed E-state index contributed by atoms with van der Waals surface area (Å²) in [7, 11) is 0. The van der Waals surface area contributed by atoms with E-state index in [0.29, 0.717) is 11.3 Å². The Hall–Kier alpha value is -3.75. The number of carbonyl (C=O) groups excluding carboxylic acids is 3. The van der Waals surface area contributed by atoms with Gasteiger partial charge in [-0.3, -0.25) is 24.5 Å². The third kappa shape index (κ3) is 4.63. The number of aryl methyl sites for hydroxylation is 1. The maximum atomic E-state index is 12.2. The van der Waals surface area contributed by atoms with Gasteiger partial charge in [-0.05, 0) is 37.3 Å². The fraction of sp³-hybridized carbons (Fsp3) is 0.118. The summed E-state index contributed by atoms with van der Waals surface area (Å²) in [5.41, 5.74) is 6.10. The predicted molar refractivity (Wildman–Crippen MR) is 93.8 cm³/mol. The van der Waals surface area contributed by atoms with Crippen molar-refractivity contribution >= 4 is 29.1 Å². The van der Waals surface area contributed by atoms with Crippen molar-refractivity contribution < 1.29 is 19.3 Å². The van der Waals surface area contributed by atoms with Gasteiger partial charge in [-0.1, -0.05) is 6.07 Å². The molecular weight excluding hydrogens is 340 g/mol. The minimum Gasteiger partial charge on any atom is -0.368 e. The van der Waals surface area contributed by atoms with Crippen LogP contribution in [0.2, 0.25) is 0 Å². The number of rotatable bonds is 6. The SMILES string of the molecule is Cc1ccc(C(=O)Nc2ccc(C(=O)NCC(N)=O)cc2)cc1[N+](=O)[O-]. The number of carbonyl (C=O) groups is 3. The Morgan fingerprint density at radius 3 is 2.23 bits per heavy atom. The monoisotopic (exact) mass is 356 g/mol. The smallest absolute Gasteiger partial charge is 0.273 e. The van der Waals surface area contributed by atoms with Crippen molar-refractivity contribution in [1.29, 1.82) is 0 Å². The molecule has 9 nitrogen and oxygen atoms in total. The number of nitro groups is 1. The Morgan fingerprint density at radius 1 is 1.04 bits per heavy atom. The number of nitrogens with two attached hydrogens (primary N) is 1. The number of amides is 3. The summed E-state index contributed by atoms with van der Waals surface area (Å²) in [6, 6.07) is 10.1. The van der Waals surface area contributed by atoms with Crippen molar-refractivity contribution in [3.63, 3.8) is 0 Å². The van der Waals surface area contributed by atoms with Crippen LogP contribution < -0.4 is 16.4 Å². The Balaban J connectivity index is 2.08. The van der Waals surface area contributed by atoms with Gasteiger partial charge < -0.3 is 16.4 Å². The molecule has 4 N–H and O–H groups in total. The molecule has 3 amide bonds. The number of benzene rings is 2. The number of hydrogen-bond acceptors (Lipinski definition) is 5. The molecule has 0 saturated carbocycles. The highest BCUT2D eigenvalue weighted by molar-refractivity contribution is 6.05. The van der Waals surface area contributed by atoms with E-state index in [1.54, 1.807) is 6.92 Å². The number of nitro benzene ring substituents is 1. The molecule has 0 aliphatic heterocycles. The molecule has 0 saturated heterocycles. The first-order valence-corrected chi connectivity index (χ1v) is 7.51. The third-order valence-corrected chi connectivity index (χ3v) is 3.50. The van der Waals surface area contributed by atoms with Gasteiger partial charge in [0, 0.05) is 28.4 Å². The number of hydrogen-bond donors (Lipinski definition) is 3. The molecule has 0 heterocycles. The fourth-order valence-corrected chi connectivity index (χ4v) is 2.12. The number of nitrogens with zero attached hydrogens (tertiary/aromatic N) is 1. The first-order chi connectivity index (χ1) is 12.3. The summed E-state index contributed by atoms with van der Waals surface area (Å²) in [6.07, 6.45) is 0. The van der Waals surface area contributed by atoms with Crippen LogP contribution in [0.4, 0.5) is 11.4 Å². The van der Waals surface area contributed by atoms with Crippen molar-refractivity contribution in [2.45, 2.75) is 6.92 Å². The van der Waals surface area contributed by atoms with Gasteiger partial charge in [0.15, 0.2) is 0 Å². The standard InChI is InChI=1S/C17H16N4O5/c1-10-2-3-12(8-14(10)21(25)26)17(24)20-13-6-4-11(5-7-13)16(23)19-9-15(18)22/h2-8H,9H2,1H3,(H2,18,22)(H,19,23)(H,20,24). The largest absolute Gasteiger partial charge is 0.368 e. The van der Waals surface area contributed by atoms with Crippen LogP contribution in [0.25, 0.3) is 0 Å². The molecule has 2 aromatic carbocycles. The molecule has 0 aromatic heterocycles. The predicted octanol–water partition coefficient (Wildman–Crippen LogP) is 1.37. The average Bonchev–Trinajstić information content (AvgIpc) is 2.60. The lowest BCUT2D eigenvalue weighted by molar-refractivity contribution is -0.385. The van der Waals surface area contributed by atoms with Crippen LogP contribution in [-0.2, 0) is 4.79 Å². The van der Waals surface area contributed by atoms with Gasteiger partial charge in [0.05, 0.1) is 11.5 Å². The highest BCUT2D eigenvalue weighted by atomic mass is 16.6. The molecule has 9 heteroatoms. The topological polar surface area (TPSA) is 144 Å². The minimum absolute atomic E-state index is 0.140. The van der Waals surface area contributed by atoms with Gasteiger partial charge in [-0.15, -0.1) is 0 Å². The maximum Gasteiger partial charge on any atom is 0.273 e. The Labute approximate surface area is 148 Å². The summed E-state index contributed by atoms with van der Waals surface area (Å²) >= 11 is 0. The van der Waals surface area contributed by atoms with Gasteiger partial charge in [-0.2, -0.15) is 0 Å². The molecule has 0 fully saturated rings. The van der Waals surface area contributed by atoms with E-state index >= 15 is 0 Å². The minimum atomic E-state index is -0.658. The van der Waals surface area contributed by atoms with Gasteiger partial charge in [0.2, 0.25) is 5.91 Å².